The molecule has 0 aliphatic carbocycles. The Morgan fingerprint density at radius 2 is 1.83 bits per heavy atom. The summed E-state index contributed by atoms with van der Waals surface area (Å²) in [6.45, 7) is 4.48. The molecule has 0 aliphatic rings. The van der Waals surface area contributed by atoms with Crippen molar-refractivity contribution in [2.75, 3.05) is 24.1 Å². The van der Waals surface area contributed by atoms with Gasteiger partial charge in [0.1, 0.15) is 0 Å². The van der Waals surface area contributed by atoms with E-state index >= 15 is 0 Å². The first kappa shape index (κ1) is 24.0. The van der Waals surface area contributed by atoms with Crippen molar-refractivity contribution < 1.29 is 21.6 Å². The molecular formula is C20H23ClF3N3O2S. The Labute approximate surface area is 179 Å². The lowest BCUT2D eigenvalue weighted by Crippen LogP contribution is -2.19. The lowest BCUT2D eigenvalue weighted by Gasteiger charge is -2.13. The molecule has 0 aromatic heterocycles. The van der Waals surface area contributed by atoms with Gasteiger partial charge in [-0.25, -0.2) is 13.4 Å². The third-order valence-electron chi connectivity index (χ3n) is 4.39. The third-order valence-corrected chi connectivity index (χ3v) is 5.97. The highest BCUT2D eigenvalue weighted by atomic mass is 35.5. The van der Waals surface area contributed by atoms with Crippen LogP contribution in [0.5, 0.6) is 0 Å². The van der Waals surface area contributed by atoms with E-state index in [2.05, 4.69) is 9.71 Å². The number of aryl methyl sites for hydroxylation is 2. The molecule has 0 aliphatic heterocycles. The molecular weight excluding hydrogens is 439 g/mol. The lowest BCUT2D eigenvalue weighted by atomic mass is 10.1. The number of benzene rings is 2. The van der Waals surface area contributed by atoms with Crippen LogP contribution < -0.4 is 4.72 Å². The van der Waals surface area contributed by atoms with Gasteiger partial charge in [-0.05, 0) is 55.7 Å². The van der Waals surface area contributed by atoms with Crippen LogP contribution in [0, 0.1) is 6.92 Å². The van der Waals surface area contributed by atoms with Gasteiger partial charge in [-0.2, -0.15) is 13.2 Å². The number of nitrogens with one attached hydrogen (secondary N) is 1. The van der Waals surface area contributed by atoms with Crippen LogP contribution >= 0.6 is 11.6 Å². The number of hydrogen-bond acceptors (Lipinski definition) is 3. The first-order valence-electron chi connectivity index (χ1n) is 9.12. The van der Waals surface area contributed by atoms with E-state index in [9.17, 15) is 21.6 Å². The molecule has 1 N–H and O–H groups in total. The fourth-order valence-electron chi connectivity index (χ4n) is 2.45. The number of sulfonamides is 1. The molecule has 0 saturated heterocycles. The molecule has 5 nitrogen and oxygen atoms in total. The Kier molecular flexibility index (Phi) is 7.76. The average molecular weight is 462 g/mol. The van der Waals surface area contributed by atoms with E-state index < -0.39 is 21.8 Å². The molecule has 2 aromatic carbocycles. The van der Waals surface area contributed by atoms with Crippen LogP contribution in [0.1, 0.15) is 23.6 Å². The summed E-state index contributed by atoms with van der Waals surface area (Å²) in [4.78, 5) is 6.15. The van der Waals surface area contributed by atoms with E-state index in [0.29, 0.717) is 27.5 Å². The summed E-state index contributed by atoms with van der Waals surface area (Å²) in [5.41, 5.74) is 1.21. The fraction of sp³-hybridized carbons (Fsp3) is 0.350. The molecule has 30 heavy (non-hydrogen) atoms. The summed E-state index contributed by atoms with van der Waals surface area (Å²) < 4.78 is 65.2. The van der Waals surface area contributed by atoms with Gasteiger partial charge < -0.3 is 4.90 Å². The summed E-state index contributed by atoms with van der Waals surface area (Å²) in [7, 11) is -1.87. The van der Waals surface area contributed by atoms with Gasteiger partial charge in [-0.1, -0.05) is 23.7 Å². The number of aliphatic imine (C=N–C) groups is 1. The van der Waals surface area contributed by atoms with Crippen molar-refractivity contribution in [2.45, 2.75) is 26.4 Å². The lowest BCUT2D eigenvalue weighted by molar-refractivity contribution is -0.137. The summed E-state index contributed by atoms with van der Waals surface area (Å²) in [6, 6.07) is 7.60. The quantitative estimate of drug-likeness (QED) is 0.430. The van der Waals surface area contributed by atoms with Gasteiger partial charge in [0.05, 0.1) is 34.1 Å². The molecule has 0 amide bonds. The van der Waals surface area contributed by atoms with Gasteiger partial charge >= 0.3 is 6.18 Å². The van der Waals surface area contributed by atoms with Gasteiger partial charge in [0.25, 0.3) is 0 Å². The number of nitrogens with zero attached hydrogens (tertiary/aromatic N) is 2. The van der Waals surface area contributed by atoms with Crippen LogP contribution in [-0.2, 0) is 22.6 Å². The molecule has 0 heterocycles. The predicted octanol–water partition coefficient (Wildman–Crippen LogP) is 5.26. The summed E-state index contributed by atoms with van der Waals surface area (Å²) in [5, 5.41) is 0.293. The minimum atomic E-state index is -4.43. The Morgan fingerprint density at radius 3 is 2.40 bits per heavy atom. The smallest absolute Gasteiger partial charge is 0.366 e. The van der Waals surface area contributed by atoms with Crippen LogP contribution in [0.2, 0.25) is 5.02 Å². The standard InChI is InChI=1S/C20H23ClF3N3O2S/c1-4-27(3)13-25-19-11-14(2)18(12-17(19)21)26-30(28,29)10-9-15-5-7-16(8-6-15)20(22,23)24/h5-8,11-13,26H,4,9-10H2,1-3H3/b25-13-. The Hall–Kier alpha value is -2.26. The molecule has 0 saturated carbocycles. The zero-order chi connectivity index (χ0) is 22.5. The van der Waals surface area contributed by atoms with Crippen molar-refractivity contribution in [3.05, 3.63) is 58.1 Å². The first-order valence-corrected chi connectivity index (χ1v) is 11.2. The summed E-state index contributed by atoms with van der Waals surface area (Å²) >= 11 is 6.22. The molecule has 0 spiro atoms. The minimum absolute atomic E-state index is 0.0754. The van der Waals surface area contributed by atoms with E-state index in [1.165, 1.54) is 18.2 Å². The first-order chi connectivity index (χ1) is 13.9. The van der Waals surface area contributed by atoms with Crippen molar-refractivity contribution in [2.24, 2.45) is 4.99 Å². The molecule has 2 rings (SSSR count). The monoisotopic (exact) mass is 461 g/mol. The fourth-order valence-corrected chi connectivity index (χ4v) is 3.82. The number of anilines is 1. The number of rotatable bonds is 8. The normalized spacial score (nSPS) is 12.4. The van der Waals surface area contributed by atoms with Gasteiger partial charge in [0.2, 0.25) is 10.0 Å². The van der Waals surface area contributed by atoms with Crippen molar-refractivity contribution >= 4 is 39.3 Å². The topological polar surface area (TPSA) is 61.8 Å². The largest absolute Gasteiger partial charge is 0.416 e. The SMILES string of the molecule is CCN(C)/C=N\c1cc(C)c(NS(=O)(=O)CCc2ccc(C(F)(F)F)cc2)cc1Cl. The molecule has 0 bridgehead atoms. The molecule has 10 heteroatoms. The van der Waals surface area contributed by atoms with Crippen molar-refractivity contribution in [3.8, 4) is 0 Å². The van der Waals surface area contributed by atoms with E-state index in [0.717, 1.165) is 18.7 Å². The molecule has 0 radical (unpaired) electrons. The van der Waals surface area contributed by atoms with Crippen LogP contribution in [0.4, 0.5) is 24.5 Å². The highest BCUT2D eigenvalue weighted by molar-refractivity contribution is 7.92. The van der Waals surface area contributed by atoms with Crippen molar-refractivity contribution in [1.82, 2.24) is 4.90 Å². The zero-order valence-electron chi connectivity index (χ0n) is 16.8. The van der Waals surface area contributed by atoms with Crippen molar-refractivity contribution in [1.29, 1.82) is 0 Å². The number of hydrogen-bond donors (Lipinski definition) is 1. The Bertz CT molecular complexity index is 1010. The van der Waals surface area contributed by atoms with Gasteiger partial charge in [-0.3, -0.25) is 4.72 Å². The van der Waals surface area contributed by atoms with Crippen LogP contribution in [0.25, 0.3) is 0 Å². The Morgan fingerprint density at radius 1 is 1.20 bits per heavy atom. The second-order valence-electron chi connectivity index (χ2n) is 6.80. The second-order valence-corrected chi connectivity index (χ2v) is 9.05. The van der Waals surface area contributed by atoms with E-state index in [1.54, 1.807) is 19.3 Å². The van der Waals surface area contributed by atoms with Crippen molar-refractivity contribution in [3.63, 3.8) is 0 Å². The minimum Gasteiger partial charge on any atom is -0.366 e. The third kappa shape index (κ3) is 6.91. The van der Waals surface area contributed by atoms with E-state index in [-0.39, 0.29) is 12.2 Å². The van der Waals surface area contributed by atoms with E-state index in [1.807, 2.05) is 18.9 Å². The number of alkyl halides is 3. The van der Waals surface area contributed by atoms with Gasteiger partial charge in [0, 0.05) is 13.6 Å². The Balaban J connectivity index is 2.07. The maximum absolute atomic E-state index is 12.6. The maximum atomic E-state index is 12.6. The summed E-state index contributed by atoms with van der Waals surface area (Å²) in [6.07, 6.45) is -2.72. The molecule has 0 unspecified atom stereocenters. The second kappa shape index (κ2) is 9.70. The highest BCUT2D eigenvalue weighted by Gasteiger charge is 2.29. The van der Waals surface area contributed by atoms with Gasteiger partial charge in [0.15, 0.2) is 0 Å². The molecule has 0 atom stereocenters. The molecule has 0 fully saturated rings. The highest BCUT2D eigenvalue weighted by Crippen LogP contribution is 2.32. The predicted molar refractivity (Wildman–Crippen MR) is 115 cm³/mol. The van der Waals surface area contributed by atoms with Crippen LogP contribution in [-0.4, -0.2) is 39.0 Å². The maximum Gasteiger partial charge on any atom is 0.416 e. The molecule has 2 aromatic rings. The van der Waals surface area contributed by atoms with Crippen LogP contribution in [0.15, 0.2) is 41.4 Å². The van der Waals surface area contributed by atoms with Crippen LogP contribution in [0.3, 0.4) is 0 Å². The molecule has 164 valence electrons. The number of halogens is 4. The van der Waals surface area contributed by atoms with Gasteiger partial charge in [-0.15, -0.1) is 0 Å². The van der Waals surface area contributed by atoms with E-state index in [4.69, 9.17) is 11.6 Å². The summed E-state index contributed by atoms with van der Waals surface area (Å²) in [5.74, 6) is -0.281. The zero-order valence-corrected chi connectivity index (χ0v) is 18.4. The average Bonchev–Trinajstić information content (AvgIpc) is 2.67.